The second-order valence-electron chi connectivity index (χ2n) is 1.99. The lowest BCUT2D eigenvalue weighted by molar-refractivity contribution is 0.200. The Hall–Kier alpha value is -0.0400. The Bertz CT molecular complexity index is 48.1. The van der Waals surface area contributed by atoms with Crippen LogP contribution in [0.3, 0.4) is 0 Å². The third kappa shape index (κ3) is 1.93. The van der Waals surface area contributed by atoms with Gasteiger partial charge in [-0.2, -0.15) is 0 Å². The van der Waals surface area contributed by atoms with Crippen LogP contribution in [0.5, 0.6) is 0 Å². The maximum Gasteiger partial charge on any atom is 0.0467 e. The van der Waals surface area contributed by atoms with Crippen LogP contribution >= 0.6 is 0 Å². The Morgan fingerprint density at radius 3 is 2.71 bits per heavy atom. The van der Waals surface area contributed by atoms with Crippen molar-refractivity contribution < 1.29 is 4.74 Å². The Kier molecular flexibility index (Phi) is 1.69. The molecule has 0 aliphatic heterocycles. The largest absolute Gasteiger partial charge is 0.385 e. The SMILES string of the molecule is COCC[C]1CC1. The summed E-state index contributed by atoms with van der Waals surface area (Å²) in [4.78, 5) is 0. The van der Waals surface area contributed by atoms with Gasteiger partial charge in [-0.1, -0.05) is 0 Å². The Balaban J connectivity index is 1.80. The fourth-order valence-electron chi connectivity index (χ4n) is 0.585. The van der Waals surface area contributed by atoms with Gasteiger partial charge in [-0.25, -0.2) is 0 Å². The molecule has 0 aromatic heterocycles. The Labute approximate surface area is 44.7 Å². The van der Waals surface area contributed by atoms with Crippen LogP contribution in [-0.4, -0.2) is 13.7 Å². The number of hydrogen-bond donors (Lipinski definition) is 0. The summed E-state index contributed by atoms with van der Waals surface area (Å²) < 4.78 is 4.87. The van der Waals surface area contributed by atoms with Gasteiger partial charge in [-0.05, 0) is 25.2 Å². The summed E-state index contributed by atoms with van der Waals surface area (Å²) in [6, 6.07) is 0. The molecule has 41 valence electrons. The van der Waals surface area contributed by atoms with Crippen molar-refractivity contribution in [3.63, 3.8) is 0 Å². The van der Waals surface area contributed by atoms with Crippen LogP contribution in [0.15, 0.2) is 0 Å². The van der Waals surface area contributed by atoms with Gasteiger partial charge in [-0.15, -0.1) is 0 Å². The van der Waals surface area contributed by atoms with Gasteiger partial charge >= 0.3 is 0 Å². The number of ether oxygens (including phenoxy) is 1. The van der Waals surface area contributed by atoms with Crippen LogP contribution in [0.4, 0.5) is 0 Å². The van der Waals surface area contributed by atoms with Gasteiger partial charge < -0.3 is 4.74 Å². The summed E-state index contributed by atoms with van der Waals surface area (Å²) in [5, 5.41) is 0. The molecule has 7 heavy (non-hydrogen) atoms. The van der Waals surface area contributed by atoms with Crippen LogP contribution in [0.25, 0.3) is 0 Å². The normalized spacial score (nSPS) is 20.1. The van der Waals surface area contributed by atoms with Crippen LogP contribution in [-0.2, 0) is 4.74 Å². The number of rotatable bonds is 3. The van der Waals surface area contributed by atoms with Crippen molar-refractivity contribution in [1.29, 1.82) is 0 Å². The predicted octanol–water partition coefficient (Wildman–Crippen LogP) is 1.39. The lowest BCUT2D eigenvalue weighted by Crippen LogP contribution is -1.86. The van der Waals surface area contributed by atoms with Crippen molar-refractivity contribution in [2.45, 2.75) is 19.3 Å². The molecule has 0 heterocycles. The predicted molar refractivity (Wildman–Crippen MR) is 29.0 cm³/mol. The quantitative estimate of drug-likeness (QED) is 0.519. The standard InChI is InChI=1S/C6H11O/c1-7-5-4-6-2-3-6/h2-5H2,1H3. The van der Waals surface area contributed by atoms with E-state index in [0.717, 1.165) is 6.61 Å². The molecule has 1 saturated carbocycles. The molecule has 1 nitrogen and oxygen atoms in total. The van der Waals surface area contributed by atoms with Gasteiger partial charge in [0.25, 0.3) is 0 Å². The van der Waals surface area contributed by atoms with Crippen molar-refractivity contribution in [3.8, 4) is 0 Å². The summed E-state index contributed by atoms with van der Waals surface area (Å²) in [6.07, 6.45) is 3.93. The van der Waals surface area contributed by atoms with Crippen molar-refractivity contribution in [2.75, 3.05) is 13.7 Å². The van der Waals surface area contributed by atoms with Gasteiger partial charge in [0.05, 0.1) is 0 Å². The first-order valence-electron chi connectivity index (χ1n) is 2.76. The molecule has 0 aromatic carbocycles. The second kappa shape index (κ2) is 2.31. The molecule has 0 N–H and O–H groups in total. The van der Waals surface area contributed by atoms with E-state index >= 15 is 0 Å². The zero-order valence-electron chi connectivity index (χ0n) is 4.74. The molecule has 1 aliphatic carbocycles. The molecule has 0 saturated heterocycles. The zero-order valence-corrected chi connectivity index (χ0v) is 4.74. The van der Waals surface area contributed by atoms with E-state index in [9.17, 15) is 0 Å². The Morgan fingerprint density at radius 2 is 2.29 bits per heavy atom. The maximum absolute atomic E-state index is 4.87. The van der Waals surface area contributed by atoms with Crippen LogP contribution in [0.2, 0.25) is 0 Å². The first-order chi connectivity index (χ1) is 3.43. The van der Waals surface area contributed by atoms with Crippen LogP contribution in [0.1, 0.15) is 19.3 Å². The monoisotopic (exact) mass is 99.1 g/mol. The molecule has 0 aromatic rings. The molecule has 1 heteroatoms. The third-order valence-corrected chi connectivity index (χ3v) is 1.26. The third-order valence-electron chi connectivity index (χ3n) is 1.26. The van der Waals surface area contributed by atoms with Gasteiger partial charge in [0.15, 0.2) is 0 Å². The molecule has 1 rings (SSSR count). The van der Waals surface area contributed by atoms with Gasteiger partial charge in [-0.3, -0.25) is 0 Å². The minimum atomic E-state index is 0.926. The van der Waals surface area contributed by atoms with Crippen molar-refractivity contribution in [1.82, 2.24) is 0 Å². The summed E-state index contributed by atoms with van der Waals surface area (Å²) in [6.45, 7) is 0.926. The van der Waals surface area contributed by atoms with E-state index < -0.39 is 0 Å². The van der Waals surface area contributed by atoms with Crippen LogP contribution in [0, 0.1) is 5.92 Å². The van der Waals surface area contributed by atoms with E-state index in [1.54, 1.807) is 13.0 Å². The van der Waals surface area contributed by atoms with Gasteiger partial charge in [0.2, 0.25) is 0 Å². The fourth-order valence-corrected chi connectivity index (χ4v) is 0.585. The average Bonchev–Trinajstić information content (AvgIpc) is 2.42. The van der Waals surface area contributed by atoms with E-state index in [1.165, 1.54) is 19.3 Å². The summed E-state index contributed by atoms with van der Waals surface area (Å²) in [5.41, 5.74) is 0. The van der Waals surface area contributed by atoms with E-state index in [2.05, 4.69) is 0 Å². The zero-order chi connectivity index (χ0) is 5.11. The molecule has 0 unspecified atom stereocenters. The number of hydrogen-bond acceptors (Lipinski definition) is 1. The molecular weight excluding hydrogens is 88.1 g/mol. The highest BCUT2D eigenvalue weighted by Gasteiger charge is 2.20. The average molecular weight is 99.2 g/mol. The molecule has 1 aliphatic rings. The highest BCUT2D eigenvalue weighted by atomic mass is 16.5. The molecule has 0 amide bonds. The summed E-state index contributed by atoms with van der Waals surface area (Å²) in [7, 11) is 1.75. The summed E-state index contributed by atoms with van der Waals surface area (Å²) >= 11 is 0. The minimum absolute atomic E-state index is 0.926. The van der Waals surface area contributed by atoms with E-state index in [4.69, 9.17) is 4.74 Å². The summed E-state index contributed by atoms with van der Waals surface area (Å²) in [5.74, 6) is 1.68. The number of methoxy groups -OCH3 is 1. The fraction of sp³-hybridized carbons (Fsp3) is 0.833. The van der Waals surface area contributed by atoms with Gasteiger partial charge in [0.1, 0.15) is 0 Å². The van der Waals surface area contributed by atoms with Crippen LogP contribution < -0.4 is 0 Å². The molecule has 0 atom stereocenters. The molecule has 0 spiro atoms. The molecule has 0 bridgehead atoms. The molecule has 1 fully saturated rings. The maximum atomic E-state index is 4.87. The first kappa shape index (κ1) is 5.10. The minimum Gasteiger partial charge on any atom is -0.385 e. The highest BCUT2D eigenvalue weighted by molar-refractivity contribution is 5.04. The van der Waals surface area contributed by atoms with Crippen molar-refractivity contribution >= 4 is 0 Å². The van der Waals surface area contributed by atoms with E-state index in [0.29, 0.717) is 0 Å². The van der Waals surface area contributed by atoms with Crippen molar-refractivity contribution in [3.05, 3.63) is 5.92 Å². The van der Waals surface area contributed by atoms with E-state index in [1.807, 2.05) is 0 Å². The lowest BCUT2D eigenvalue weighted by Gasteiger charge is -1.91. The smallest absolute Gasteiger partial charge is 0.0467 e. The lowest BCUT2D eigenvalue weighted by atomic mass is 10.3. The Morgan fingerprint density at radius 1 is 1.57 bits per heavy atom. The first-order valence-corrected chi connectivity index (χ1v) is 2.76. The highest BCUT2D eigenvalue weighted by Crippen LogP contribution is 2.34. The van der Waals surface area contributed by atoms with E-state index in [-0.39, 0.29) is 0 Å². The molecular formula is C6H11O. The topological polar surface area (TPSA) is 9.23 Å². The molecule has 1 radical (unpaired) electrons. The second-order valence-corrected chi connectivity index (χ2v) is 1.99. The van der Waals surface area contributed by atoms with Crippen molar-refractivity contribution in [2.24, 2.45) is 0 Å². The van der Waals surface area contributed by atoms with Gasteiger partial charge in [0, 0.05) is 13.7 Å².